The van der Waals surface area contributed by atoms with Crippen molar-refractivity contribution in [2.45, 2.75) is 18.2 Å². The van der Waals surface area contributed by atoms with Crippen LogP contribution in [0.1, 0.15) is 20.8 Å². The molecule has 0 aliphatic rings. The second-order valence-electron chi connectivity index (χ2n) is 8.63. The Morgan fingerprint density at radius 3 is 2.29 bits per heavy atom. The van der Waals surface area contributed by atoms with Gasteiger partial charge in [0.25, 0.3) is 15.9 Å². The maximum atomic E-state index is 13.3. The molecule has 0 aliphatic carbocycles. The summed E-state index contributed by atoms with van der Waals surface area (Å²) in [7, 11) is 2.46. The fourth-order valence-corrected chi connectivity index (χ4v) is 6.32. The summed E-state index contributed by atoms with van der Waals surface area (Å²) in [5.74, 6) is 1.75. The lowest BCUT2D eigenvalue weighted by Crippen LogP contribution is -2.26. The number of amides is 1. The fourth-order valence-electron chi connectivity index (χ4n) is 4.09. The lowest BCUT2D eigenvalue weighted by atomic mass is 10.1. The van der Waals surface area contributed by atoms with E-state index in [2.05, 4.69) is 5.32 Å². The lowest BCUT2D eigenvalue weighted by molar-refractivity contribution is 0.0958. The molecule has 200 valence electrons. The fraction of sp³-hybridized carbons (Fsp3) is 0.250. The molecule has 10 heteroatoms. The van der Waals surface area contributed by atoms with Crippen LogP contribution in [0.2, 0.25) is 0 Å². The number of carbonyl (C=O) groups excluding carboxylic acids is 1. The molecule has 0 atom stereocenters. The van der Waals surface area contributed by atoms with Gasteiger partial charge in [0.15, 0.2) is 11.5 Å². The highest BCUT2D eigenvalue weighted by Crippen LogP contribution is 2.32. The van der Waals surface area contributed by atoms with Crippen molar-refractivity contribution in [3.63, 3.8) is 0 Å². The van der Waals surface area contributed by atoms with Gasteiger partial charge in [0.2, 0.25) is 0 Å². The number of methoxy groups -OCH3 is 3. The van der Waals surface area contributed by atoms with Gasteiger partial charge in [0, 0.05) is 18.3 Å². The summed E-state index contributed by atoms with van der Waals surface area (Å²) < 4.78 is 44.5. The molecule has 1 amide bonds. The number of nitrogens with zero attached hydrogens (tertiary/aromatic N) is 1. The van der Waals surface area contributed by atoms with Gasteiger partial charge in [-0.3, -0.25) is 9.10 Å². The van der Waals surface area contributed by atoms with E-state index in [1.54, 1.807) is 58.6 Å². The van der Waals surface area contributed by atoms with Gasteiger partial charge >= 0.3 is 0 Å². The van der Waals surface area contributed by atoms with E-state index in [1.807, 2.05) is 24.3 Å². The van der Waals surface area contributed by atoms with Gasteiger partial charge in [0.1, 0.15) is 5.75 Å². The standard InChI is InChI=1S/C28H30N2O6S2/c1-18-14-22(8-10-23(18)34-3)38(32,33)30(2)21-7-11-26-20(16-21)17-27(37-26)28(31)29-13-12-19-6-9-24(35-4)25(15-19)36-5/h6-11,14-17H,12-13H2,1-5H3,(H,29,31). The van der Waals surface area contributed by atoms with Crippen molar-refractivity contribution in [3.05, 3.63) is 76.7 Å². The molecule has 8 nitrogen and oxygen atoms in total. The summed E-state index contributed by atoms with van der Waals surface area (Å²) >= 11 is 1.36. The van der Waals surface area contributed by atoms with Crippen LogP contribution in [-0.4, -0.2) is 49.2 Å². The molecule has 1 N–H and O–H groups in total. The average Bonchev–Trinajstić information content (AvgIpc) is 3.36. The first-order valence-corrected chi connectivity index (χ1v) is 14.1. The number of ether oxygens (including phenoxy) is 3. The maximum Gasteiger partial charge on any atom is 0.264 e. The average molecular weight is 555 g/mol. The highest BCUT2D eigenvalue weighted by atomic mass is 32.2. The summed E-state index contributed by atoms with van der Waals surface area (Å²) in [6.07, 6.45) is 0.634. The van der Waals surface area contributed by atoms with E-state index in [9.17, 15) is 13.2 Å². The molecule has 0 saturated heterocycles. The Balaban J connectivity index is 1.46. The number of thiophene rings is 1. The monoisotopic (exact) mass is 554 g/mol. The predicted molar refractivity (Wildman–Crippen MR) is 151 cm³/mol. The molecule has 0 spiro atoms. The van der Waals surface area contributed by atoms with E-state index < -0.39 is 10.0 Å². The van der Waals surface area contributed by atoms with Gasteiger partial charge in [-0.25, -0.2) is 8.42 Å². The van der Waals surface area contributed by atoms with Gasteiger partial charge in [-0.1, -0.05) is 6.07 Å². The van der Waals surface area contributed by atoms with Crippen molar-refractivity contribution >= 4 is 43.0 Å². The number of hydrogen-bond donors (Lipinski definition) is 1. The molecule has 0 saturated carbocycles. The highest BCUT2D eigenvalue weighted by molar-refractivity contribution is 7.92. The Hall–Kier alpha value is -3.76. The van der Waals surface area contributed by atoms with E-state index in [4.69, 9.17) is 14.2 Å². The number of sulfonamides is 1. The molecule has 0 radical (unpaired) electrons. The molecule has 0 bridgehead atoms. The van der Waals surface area contributed by atoms with E-state index in [0.717, 1.165) is 21.2 Å². The minimum Gasteiger partial charge on any atom is -0.496 e. The van der Waals surface area contributed by atoms with Crippen molar-refractivity contribution in [1.29, 1.82) is 0 Å². The van der Waals surface area contributed by atoms with Gasteiger partial charge in [-0.05, 0) is 84.5 Å². The largest absolute Gasteiger partial charge is 0.496 e. The van der Waals surface area contributed by atoms with Crippen LogP contribution < -0.4 is 23.8 Å². The predicted octanol–water partition coefficient (Wildman–Crippen LogP) is 5.03. The summed E-state index contributed by atoms with van der Waals surface area (Å²) in [6.45, 7) is 2.26. The Morgan fingerprint density at radius 1 is 0.895 bits per heavy atom. The topological polar surface area (TPSA) is 94.2 Å². The molecule has 38 heavy (non-hydrogen) atoms. The third-order valence-electron chi connectivity index (χ3n) is 6.26. The molecule has 3 aromatic carbocycles. The van der Waals surface area contributed by atoms with Gasteiger partial charge in [-0.2, -0.15) is 0 Å². The quantitative estimate of drug-likeness (QED) is 0.295. The number of nitrogens with one attached hydrogen (secondary N) is 1. The van der Waals surface area contributed by atoms with Crippen LogP contribution in [0.3, 0.4) is 0 Å². The first kappa shape index (κ1) is 27.3. The zero-order valence-electron chi connectivity index (χ0n) is 21.9. The molecule has 1 aromatic heterocycles. The third-order valence-corrected chi connectivity index (χ3v) is 9.16. The number of benzene rings is 3. The van der Waals surface area contributed by atoms with Crippen molar-refractivity contribution in [2.24, 2.45) is 0 Å². The molecular formula is C28H30N2O6S2. The van der Waals surface area contributed by atoms with Gasteiger partial charge < -0.3 is 19.5 Å². The van der Waals surface area contributed by atoms with Crippen LogP contribution in [0.4, 0.5) is 5.69 Å². The molecule has 4 rings (SSSR count). The van der Waals surface area contributed by atoms with Crippen LogP contribution in [0.25, 0.3) is 10.1 Å². The van der Waals surface area contributed by atoms with Crippen LogP contribution in [0.15, 0.2) is 65.6 Å². The summed E-state index contributed by atoms with van der Waals surface area (Å²) in [4.78, 5) is 13.5. The normalized spacial score (nSPS) is 11.3. The number of rotatable bonds is 10. The summed E-state index contributed by atoms with van der Waals surface area (Å²) in [5.41, 5.74) is 2.25. The maximum absolute atomic E-state index is 13.3. The van der Waals surface area contributed by atoms with Crippen LogP contribution in [0, 0.1) is 6.92 Å². The lowest BCUT2D eigenvalue weighted by Gasteiger charge is -2.20. The van der Waals surface area contributed by atoms with Crippen LogP contribution >= 0.6 is 11.3 Å². The third kappa shape index (κ3) is 5.56. The van der Waals surface area contributed by atoms with Crippen molar-refractivity contribution in [3.8, 4) is 17.2 Å². The Morgan fingerprint density at radius 2 is 1.61 bits per heavy atom. The minimum absolute atomic E-state index is 0.178. The summed E-state index contributed by atoms with van der Waals surface area (Å²) in [6, 6.07) is 17.6. The van der Waals surface area contributed by atoms with Crippen molar-refractivity contribution in [1.82, 2.24) is 5.32 Å². The Bertz CT molecular complexity index is 1580. The second kappa shape index (κ2) is 11.3. The summed E-state index contributed by atoms with van der Waals surface area (Å²) in [5, 5.41) is 3.75. The van der Waals surface area contributed by atoms with E-state index in [0.29, 0.717) is 40.8 Å². The molecule has 1 heterocycles. The van der Waals surface area contributed by atoms with E-state index in [-0.39, 0.29) is 10.8 Å². The zero-order valence-corrected chi connectivity index (χ0v) is 23.5. The number of hydrogen-bond acceptors (Lipinski definition) is 7. The van der Waals surface area contributed by atoms with Crippen molar-refractivity contribution in [2.75, 3.05) is 39.2 Å². The number of aryl methyl sites for hydroxylation is 1. The molecule has 0 fully saturated rings. The second-order valence-corrected chi connectivity index (χ2v) is 11.7. The zero-order chi connectivity index (χ0) is 27.4. The van der Waals surface area contributed by atoms with Crippen LogP contribution in [-0.2, 0) is 16.4 Å². The number of fused-ring (bicyclic) bond motifs is 1. The highest BCUT2D eigenvalue weighted by Gasteiger charge is 2.23. The number of anilines is 1. The first-order chi connectivity index (χ1) is 18.2. The minimum atomic E-state index is -3.78. The van der Waals surface area contributed by atoms with Gasteiger partial charge in [0.05, 0.1) is 36.8 Å². The van der Waals surface area contributed by atoms with E-state index in [1.165, 1.54) is 28.8 Å². The number of carbonyl (C=O) groups is 1. The molecular weight excluding hydrogens is 524 g/mol. The molecule has 4 aromatic rings. The molecule has 0 unspecified atom stereocenters. The Labute approximate surface area is 226 Å². The van der Waals surface area contributed by atoms with E-state index >= 15 is 0 Å². The molecule has 0 aliphatic heterocycles. The van der Waals surface area contributed by atoms with Crippen molar-refractivity contribution < 1.29 is 27.4 Å². The van der Waals surface area contributed by atoms with Gasteiger partial charge in [-0.15, -0.1) is 11.3 Å². The van der Waals surface area contributed by atoms with Crippen LogP contribution in [0.5, 0.6) is 17.2 Å². The Kier molecular flexibility index (Phi) is 8.13. The first-order valence-electron chi connectivity index (χ1n) is 11.8. The SMILES string of the molecule is COc1ccc(S(=O)(=O)N(C)c2ccc3sc(C(=O)NCCc4ccc(OC)c(OC)c4)cc3c2)cc1C. The smallest absolute Gasteiger partial charge is 0.264 e.